The Labute approximate surface area is 226 Å². The number of carbonyl (C=O) groups is 2. The molecule has 0 spiro atoms. The molecule has 0 radical (unpaired) electrons. The van der Waals surface area contributed by atoms with E-state index in [0.29, 0.717) is 21.4 Å². The van der Waals surface area contributed by atoms with Gasteiger partial charge in [-0.1, -0.05) is 41.4 Å². The third-order valence-corrected chi connectivity index (χ3v) is 8.16. The molecule has 3 aromatic rings. The highest BCUT2D eigenvalue weighted by atomic mass is 35.5. The second-order valence-corrected chi connectivity index (χ2v) is 10.8. The summed E-state index contributed by atoms with van der Waals surface area (Å²) in [6.07, 6.45) is 0. The maximum absolute atomic E-state index is 13.7. The van der Waals surface area contributed by atoms with Crippen LogP contribution in [0.1, 0.15) is 12.5 Å². The fourth-order valence-corrected chi connectivity index (χ4v) is 5.35. The summed E-state index contributed by atoms with van der Waals surface area (Å²) in [6, 6.07) is 18.0. The number of carbonyl (C=O) groups excluding carboxylic acids is 2. The largest absolute Gasteiger partial charge is 0.497 e. The Morgan fingerprint density at radius 1 is 0.973 bits per heavy atom. The summed E-state index contributed by atoms with van der Waals surface area (Å²) in [5.74, 6) is -0.516. The van der Waals surface area contributed by atoms with Crippen LogP contribution in [0.5, 0.6) is 5.75 Å². The van der Waals surface area contributed by atoms with Crippen LogP contribution in [0.25, 0.3) is 0 Å². The number of sulfonamides is 1. The van der Waals surface area contributed by atoms with E-state index < -0.39 is 34.4 Å². The summed E-state index contributed by atoms with van der Waals surface area (Å²) in [7, 11) is -1.25. The summed E-state index contributed by atoms with van der Waals surface area (Å²) in [5, 5.41) is 3.36. The van der Waals surface area contributed by atoms with E-state index in [1.54, 1.807) is 31.2 Å². The van der Waals surface area contributed by atoms with Gasteiger partial charge in [0.05, 0.1) is 17.7 Å². The highest BCUT2D eigenvalue weighted by molar-refractivity contribution is 7.92. The van der Waals surface area contributed by atoms with Gasteiger partial charge in [-0.15, -0.1) is 0 Å². The molecule has 0 aliphatic rings. The normalized spacial score (nSPS) is 11.9. The molecule has 1 atom stereocenters. The lowest BCUT2D eigenvalue weighted by Crippen LogP contribution is -2.50. The molecule has 0 aliphatic heterocycles. The first-order chi connectivity index (χ1) is 17.6. The van der Waals surface area contributed by atoms with E-state index in [0.717, 1.165) is 4.31 Å². The Balaban J connectivity index is 2.03. The fraction of sp³-hybridized carbons (Fsp3) is 0.231. The van der Waals surface area contributed by atoms with Crippen molar-refractivity contribution in [3.8, 4) is 5.75 Å². The van der Waals surface area contributed by atoms with Crippen molar-refractivity contribution in [3.63, 3.8) is 0 Å². The van der Waals surface area contributed by atoms with Crippen molar-refractivity contribution in [2.75, 3.05) is 25.0 Å². The fourth-order valence-electron chi connectivity index (χ4n) is 3.61. The molecule has 0 aliphatic carbocycles. The standard InChI is InChI=1S/C26H27Cl2N3O5S/c1-18(26(33)29-2)30(16-19-6-4-5-7-24(19)28)25(32)17-31(21-10-8-20(27)9-11-21)37(34,35)23-14-12-22(36-3)13-15-23/h4-15,18H,16-17H2,1-3H3,(H,29,33)/t18-/m1/s1. The lowest BCUT2D eigenvalue weighted by Gasteiger charge is -2.32. The topological polar surface area (TPSA) is 96.0 Å². The van der Waals surface area contributed by atoms with Crippen LogP contribution >= 0.6 is 23.2 Å². The first-order valence-corrected chi connectivity index (χ1v) is 13.4. The van der Waals surface area contributed by atoms with Crippen LogP contribution in [-0.2, 0) is 26.2 Å². The van der Waals surface area contributed by atoms with Gasteiger partial charge in [-0.25, -0.2) is 8.42 Å². The zero-order valence-corrected chi connectivity index (χ0v) is 22.8. The average Bonchev–Trinajstić information content (AvgIpc) is 2.90. The van der Waals surface area contributed by atoms with Crippen molar-refractivity contribution in [2.45, 2.75) is 24.4 Å². The smallest absolute Gasteiger partial charge is 0.264 e. The molecule has 196 valence electrons. The number of nitrogens with one attached hydrogen (secondary N) is 1. The second-order valence-electron chi connectivity index (χ2n) is 8.07. The van der Waals surface area contributed by atoms with E-state index in [4.69, 9.17) is 27.9 Å². The van der Waals surface area contributed by atoms with E-state index in [2.05, 4.69) is 5.32 Å². The molecule has 0 heterocycles. The SMILES string of the molecule is CNC(=O)[C@@H](C)N(Cc1ccccc1Cl)C(=O)CN(c1ccc(Cl)cc1)S(=O)(=O)c1ccc(OC)cc1. The van der Waals surface area contributed by atoms with Crippen molar-refractivity contribution in [1.29, 1.82) is 0 Å². The summed E-state index contributed by atoms with van der Waals surface area (Å²) in [4.78, 5) is 27.5. The summed E-state index contributed by atoms with van der Waals surface area (Å²) in [5.41, 5.74) is 0.850. The van der Waals surface area contributed by atoms with Gasteiger partial charge in [-0.3, -0.25) is 13.9 Å². The monoisotopic (exact) mass is 563 g/mol. The number of hydrogen-bond donors (Lipinski definition) is 1. The van der Waals surface area contributed by atoms with Gasteiger partial charge >= 0.3 is 0 Å². The first-order valence-electron chi connectivity index (χ1n) is 11.2. The lowest BCUT2D eigenvalue weighted by molar-refractivity contribution is -0.139. The zero-order chi connectivity index (χ0) is 27.2. The van der Waals surface area contributed by atoms with Crippen LogP contribution in [0.3, 0.4) is 0 Å². The molecule has 0 saturated heterocycles. The van der Waals surface area contributed by atoms with E-state index in [1.165, 1.54) is 67.6 Å². The summed E-state index contributed by atoms with van der Waals surface area (Å²) >= 11 is 12.3. The van der Waals surface area contributed by atoms with Crippen LogP contribution in [0.4, 0.5) is 5.69 Å². The van der Waals surface area contributed by atoms with Gasteiger partial charge in [-0.2, -0.15) is 0 Å². The zero-order valence-electron chi connectivity index (χ0n) is 20.5. The molecule has 11 heteroatoms. The average molecular weight is 564 g/mol. The van der Waals surface area contributed by atoms with Crippen LogP contribution in [0.15, 0.2) is 77.7 Å². The van der Waals surface area contributed by atoms with Crippen LogP contribution in [-0.4, -0.2) is 51.9 Å². The molecule has 0 saturated carbocycles. The second kappa shape index (κ2) is 12.3. The quantitative estimate of drug-likeness (QED) is 0.395. The molecule has 0 unspecified atom stereocenters. The van der Waals surface area contributed by atoms with Crippen LogP contribution in [0, 0.1) is 0 Å². The van der Waals surface area contributed by atoms with Gasteiger partial charge in [0.15, 0.2) is 0 Å². The Hall–Kier alpha value is -3.27. The number of ether oxygens (including phenoxy) is 1. The molecule has 1 N–H and O–H groups in total. The number of halogens is 2. The maximum atomic E-state index is 13.7. The number of likely N-dealkylation sites (N-methyl/N-ethyl adjacent to an activating group) is 1. The maximum Gasteiger partial charge on any atom is 0.264 e. The number of rotatable bonds is 10. The predicted octanol–water partition coefficient (Wildman–Crippen LogP) is 4.36. The Morgan fingerprint density at radius 2 is 1.59 bits per heavy atom. The van der Waals surface area contributed by atoms with E-state index in [-0.39, 0.29) is 17.1 Å². The molecular formula is C26H27Cl2N3O5S. The van der Waals surface area contributed by atoms with Crippen LogP contribution < -0.4 is 14.4 Å². The highest BCUT2D eigenvalue weighted by Gasteiger charge is 2.32. The third-order valence-electron chi connectivity index (χ3n) is 5.75. The molecule has 2 amide bonds. The van der Waals surface area contributed by atoms with Gasteiger partial charge in [0.1, 0.15) is 18.3 Å². The number of amides is 2. The molecule has 0 bridgehead atoms. The number of methoxy groups -OCH3 is 1. The van der Waals surface area contributed by atoms with Gasteiger partial charge in [0.2, 0.25) is 11.8 Å². The minimum Gasteiger partial charge on any atom is -0.497 e. The highest BCUT2D eigenvalue weighted by Crippen LogP contribution is 2.27. The van der Waals surface area contributed by atoms with Gasteiger partial charge in [0, 0.05) is 23.6 Å². The van der Waals surface area contributed by atoms with Crippen molar-refractivity contribution < 1.29 is 22.7 Å². The molecule has 0 aromatic heterocycles. The van der Waals surface area contributed by atoms with Crippen molar-refractivity contribution in [2.24, 2.45) is 0 Å². The number of benzene rings is 3. The van der Waals surface area contributed by atoms with E-state index >= 15 is 0 Å². The van der Waals surface area contributed by atoms with E-state index in [1.807, 2.05) is 0 Å². The predicted molar refractivity (Wildman–Crippen MR) is 145 cm³/mol. The Bertz CT molecular complexity index is 1350. The van der Waals surface area contributed by atoms with Gasteiger partial charge < -0.3 is 15.0 Å². The molecular weight excluding hydrogens is 537 g/mol. The number of anilines is 1. The van der Waals surface area contributed by atoms with E-state index in [9.17, 15) is 18.0 Å². The van der Waals surface area contributed by atoms with Crippen molar-refractivity contribution in [3.05, 3.63) is 88.4 Å². The first kappa shape index (κ1) is 28.3. The minimum absolute atomic E-state index is 0.00410. The number of nitrogens with zero attached hydrogens (tertiary/aromatic N) is 2. The van der Waals surface area contributed by atoms with Crippen molar-refractivity contribution >= 4 is 50.7 Å². The lowest BCUT2D eigenvalue weighted by atomic mass is 10.1. The molecule has 3 rings (SSSR count). The summed E-state index contributed by atoms with van der Waals surface area (Å²) < 4.78 is 33.6. The van der Waals surface area contributed by atoms with Gasteiger partial charge in [-0.05, 0) is 67.1 Å². The Kier molecular flexibility index (Phi) is 9.42. The minimum atomic E-state index is -4.19. The van der Waals surface area contributed by atoms with Crippen LogP contribution in [0.2, 0.25) is 10.0 Å². The van der Waals surface area contributed by atoms with Crippen molar-refractivity contribution in [1.82, 2.24) is 10.2 Å². The van der Waals surface area contributed by atoms with Gasteiger partial charge in [0.25, 0.3) is 10.0 Å². The molecule has 37 heavy (non-hydrogen) atoms. The molecule has 8 nitrogen and oxygen atoms in total. The third kappa shape index (κ3) is 6.74. The number of hydrogen-bond acceptors (Lipinski definition) is 5. The molecule has 3 aromatic carbocycles. The summed E-state index contributed by atoms with van der Waals surface area (Å²) in [6.45, 7) is 1.00. The Morgan fingerprint density at radius 3 is 2.16 bits per heavy atom. The molecule has 0 fully saturated rings.